The highest BCUT2D eigenvalue weighted by atomic mass is 32.1. The van der Waals surface area contributed by atoms with Crippen LogP contribution >= 0.6 is 11.3 Å². The molecule has 6 nitrogen and oxygen atoms in total. The molecule has 0 aliphatic heterocycles. The van der Waals surface area contributed by atoms with Gasteiger partial charge in [0.2, 0.25) is 17.7 Å². The number of rotatable bonds is 7. The van der Waals surface area contributed by atoms with Crippen molar-refractivity contribution in [2.75, 3.05) is 0 Å². The number of carbonyl (C=O) groups is 1. The first kappa shape index (κ1) is 17.2. The highest BCUT2D eigenvalue weighted by molar-refractivity contribution is 7.08. The molecular formula is C20H17N3O3S. The number of carbonyl (C=O) groups excluding carboxylic acids is 1. The van der Waals surface area contributed by atoms with Crippen LogP contribution in [0.2, 0.25) is 0 Å². The molecule has 1 aromatic carbocycles. The number of furan rings is 1. The summed E-state index contributed by atoms with van der Waals surface area (Å²) in [6, 6.07) is 15.0. The van der Waals surface area contributed by atoms with Gasteiger partial charge in [-0.3, -0.25) is 4.79 Å². The van der Waals surface area contributed by atoms with Gasteiger partial charge in [0.05, 0.1) is 6.26 Å². The standard InChI is InChI=1S/C20H17N3O3S/c24-17(8-9-18-22-23-20(26-18)15-10-12-27-13-15)21-19(16-7-4-11-25-16)14-5-2-1-3-6-14/h1-7,10-13,19H,8-9H2,(H,21,24). The predicted octanol–water partition coefficient (Wildman–Crippen LogP) is 4.23. The molecule has 27 heavy (non-hydrogen) atoms. The van der Waals surface area contributed by atoms with Crippen molar-refractivity contribution < 1.29 is 13.6 Å². The van der Waals surface area contributed by atoms with Gasteiger partial charge in [-0.15, -0.1) is 10.2 Å². The van der Waals surface area contributed by atoms with E-state index in [2.05, 4.69) is 15.5 Å². The first-order valence-corrected chi connectivity index (χ1v) is 9.46. The molecule has 0 aliphatic carbocycles. The summed E-state index contributed by atoms with van der Waals surface area (Å²) in [7, 11) is 0. The minimum atomic E-state index is -0.335. The van der Waals surface area contributed by atoms with E-state index < -0.39 is 0 Å². The lowest BCUT2D eigenvalue weighted by atomic mass is 10.0. The summed E-state index contributed by atoms with van der Waals surface area (Å²) in [5.74, 6) is 1.49. The third-order valence-corrected chi connectivity index (χ3v) is 4.75. The highest BCUT2D eigenvalue weighted by Crippen LogP contribution is 2.23. The van der Waals surface area contributed by atoms with Crippen LogP contribution in [0.4, 0.5) is 0 Å². The zero-order valence-corrected chi connectivity index (χ0v) is 15.2. The van der Waals surface area contributed by atoms with E-state index in [4.69, 9.17) is 8.83 Å². The maximum absolute atomic E-state index is 12.5. The first-order valence-electron chi connectivity index (χ1n) is 8.52. The number of thiophene rings is 1. The summed E-state index contributed by atoms with van der Waals surface area (Å²) in [6.07, 6.45) is 2.22. The molecule has 3 aromatic heterocycles. The van der Waals surface area contributed by atoms with Gasteiger partial charge in [-0.1, -0.05) is 30.3 Å². The quantitative estimate of drug-likeness (QED) is 0.520. The van der Waals surface area contributed by atoms with Crippen molar-refractivity contribution in [2.24, 2.45) is 0 Å². The fourth-order valence-electron chi connectivity index (χ4n) is 2.73. The van der Waals surface area contributed by atoms with Crippen molar-refractivity contribution in [2.45, 2.75) is 18.9 Å². The van der Waals surface area contributed by atoms with E-state index in [1.165, 1.54) is 0 Å². The topological polar surface area (TPSA) is 81.2 Å². The molecular weight excluding hydrogens is 362 g/mol. The molecule has 0 radical (unpaired) electrons. The fraction of sp³-hybridized carbons (Fsp3) is 0.150. The third kappa shape index (κ3) is 4.15. The molecule has 1 amide bonds. The Bertz CT molecular complexity index is 979. The van der Waals surface area contributed by atoms with Crippen LogP contribution in [0.25, 0.3) is 11.5 Å². The molecule has 7 heteroatoms. The maximum Gasteiger partial charge on any atom is 0.248 e. The van der Waals surface area contributed by atoms with E-state index in [0.29, 0.717) is 24.0 Å². The lowest BCUT2D eigenvalue weighted by Gasteiger charge is -2.17. The molecule has 4 rings (SSSR count). The third-order valence-electron chi connectivity index (χ3n) is 4.07. The molecule has 0 saturated carbocycles. The Kier molecular flexibility index (Phi) is 5.11. The van der Waals surface area contributed by atoms with E-state index in [-0.39, 0.29) is 18.4 Å². The van der Waals surface area contributed by atoms with E-state index in [9.17, 15) is 4.79 Å². The van der Waals surface area contributed by atoms with Gasteiger partial charge >= 0.3 is 0 Å². The number of hydrogen-bond donors (Lipinski definition) is 1. The second-order valence-corrected chi connectivity index (χ2v) is 6.72. The number of nitrogens with one attached hydrogen (secondary N) is 1. The van der Waals surface area contributed by atoms with E-state index in [0.717, 1.165) is 11.1 Å². The second-order valence-electron chi connectivity index (χ2n) is 5.94. The van der Waals surface area contributed by atoms with Crippen LogP contribution in [-0.2, 0) is 11.2 Å². The summed E-state index contributed by atoms with van der Waals surface area (Å²) in [6.45, 7) is 0. The number of hydrogen-bond acceptors (Lipinski definition) is 6. The van der Waals surface area contributed by atoms with Crippen molar-refractivity contribution >= 4 is 17.2 Å². The number of benzene rings is 1. The molecule has 0 fully saturated rings. The molecule has 1 unspecified atom stereocenters. The largest absolute Gasteiger partial charge is 0.467 e. The molecule has 0 bridgehead atoms. The fourth-order valence-corrected chi connectivity index (χ4v) is 3.36. The second kappa shape index (κ2) is 8.01. The zero-order chi connectivity index (χ0) is 18.5. The first-order chi connectivity index (χ1) is 13.3. The molecule has 1 atom stereocenters. The Labute approximate surface area is 159 Å². The lowest BCUT2D eigenvalue weighted by molar-refractivity contribution is -0.121. The molecule has 136 valence electrons. The monoisotopic (exact) mass is 379 g/mol. The molecule has 0 spiro atoms. The summed E-state index contributed by atoms with van der Waals surface area (Å²) >= 11 is 1.56. The molecule has 0 aliphatic rings. The van der Waals surface area contributed by atoms with Crippen LogP contribution in [0.1, 0.15) is 29.7 Å². The van der Waals surface area contributed by atoms with E-state index in [1.54, 1.807) is 17.6 Å². The summed E-state index contributed by atoms with van der Waals surface area (Å²) in [4.78, 5) is 12.5. The number of aryl methyl sites for hydroxylation is 1. The van der Waals surface area contributed by atoms with E-state index >= 15 is 0 Å². The van der Waals surface area contributed by atoms with Crippen LogP contribution in [0.5, 0.6) is 0 Å². The van der Waals surface area contributed by atoms with Crippen LogP contribution in [0.3, 0.4) is 0 Å². The van der Waals surface area contributed by atoms with Crippen molar-refractivity contribution in [1.29, 1.82) is 0 Å². The van der Waals surface area contributed by atoms with Gasteiger partial charge in [0.15, 0.2) is 0 Å². The molecule has 0 saturated heterocycles. The van der Waals surface area contributed by atoms with E-state index in [1.807, 2.05) is 59.3 Å². The summed E-state index contributed by atoms with van der Waals surface area (Å²) < 4.78 is 11.1. The Hall–Kier alpha value is -3.19. The molecule has 1 N–H and O–H groups in total. The summed E-state index contributed by atoms with van der Waals surface area (Å²) in [5.41, 5.74) is 1.85. The highest BCUT2D eigenvalue weighted by Gasteiger charge is 2.19. The average Bonchev–Trinajstić information content (AvgIpc) is 3.47. The van der Waals surface area contributed by atoms with Crippen LogP contribution in [0.15, 0.2) is 74.4 Å². The minimum Gasteiger partial charge on any atom is -0.467 e. The maximum atomic E-state index is 12.5. The Morgan fingerprint density at radius 1 is 1.11 bits per heavy atom. The Balaban J connectivity index is 1.40. The van der Waals surface area contributed by atoms with Gasteiger partial charge in [0.1, 0.15) is 11.8 Å². The van der Waals surface area contributed by atoms with Crippen LogP contribution in [0, 0.1) is 0 Å². The normalized spacial score (nSPS) is 12.0. The summed E-state index contributed by atoms with van der Waals surface area (Å²) in [5, 5.41) is 15.0. The number of amides is 1. The van der Waals surface area contributed by atoms with Crippen molar-refractivity contribution in [3.63, 3.8) is 0 Å². The molecule has 3 heterocycles. The lowest BCUT2D eigenvalue weighted by Crippen LogP contribution is -2.29. The van der Waals surface area contributed by atoms with Gasteiger partial charge in [-0.2, -0.15) is 11.3 Å². The SMILES string of the molecule is O=C(CCc1nnc(-c2ccsc2)o1)NC(c1ccccc1)c1ccco1. The smallest absolute Gasteiger partial charge is 0.248 e. The number of aromatic nitrogens is 2. The Morgan fingerprint density at radius 3 is 2.74 bits per heavy atom. The van der Waals surface area contributed by atoms with Crippen molar-refractivity contribution in [3.05, 3.63) is 82.8 Å². The van der Waals surface area contributed by atoms with Gasteiger partial charge in [-0.25, -0.2) is 0 Å². The van der Waals surface area contributed by atoms with Gasteiger partial charge in [0.25, 0.3) is 0 Å². The minimum absolute atomic E-state index is 0.115. The van der Waals surface area contributed by atoms with Gasteiger partial charge in [-0.05, 0) is 29.1 Å². The molecule has 4 aromatic rings. The zero-order valence-electron chi connectivity index (χ0n) is 14.4. The predicted molar refractivity (Wildman–Crippen MR) is 101 cm³/mol. The number of nitrogens with zero attached hydrogens (tertiary/aromatic N) is 2. The van der Waals surface area contributed by atoms with Crippen LogP contribution < -0.4 is 5.32 Å². The van der Waals surface area contributed by atoms with Gasteiger partial charge in [0, 0.05) is 23.8 Å². The Morgan fingerprint density at radius 2 is 2.00 bits per heavy atom. The average molecular weight is 379 g/mol. The van der Waals surface area contributed by atoms with Gasteiger partial charge < -0.3 is 14.2 Å². The van der Waals surface area contributed by atoms with Crippen molar-refractivity contribution in [3.8, 4) is 11.5 Å². The van der Waals surface area contributed by atoms with Crippen LogP contribution in [-0.4, -0.2) is 16.1 Å². The van der Waals surface area contributed by atoms with Crippen molar-refractivity contribution in [1.82, 2.24) is 15.5 Å².